The molecule has 2 fully saturated rings. The van der Waals surface area contributed by atoms with Crippen LogP contribution < -0.4 is 4.74 Å². The van der Waals surface area contributed by atoms with Gasteiger partial charge in [-0.05, 0) is 30.2 Å². The van der Waals surface area contributed by atoms with Crippen LogP contribution in [0.15, 0.2) is 40.8 Å². The van der Waals surface area contributed by atoms with Gasteiger partial charge in [-0.15, -0.1) is 0 Å². The highest BCUT2D eigenvalue weighted by atomic mass is 32.2. The molecule has 1 amide bonds. The fourth-order valence-electron chi connectivity index (χ4n) is 3.36. The summed E-state index contributed by atoms with van der Waals surface area (Å²) in [6, 6.07) is 7.91. The maximum absolute atomic E-state index is 12.8. The van der Waals surface area contributed by atoms with Crippen LogP contribution in [0.2, 0.25) is 0 Å². The van der Waals surface area contributed by atoms with Crippen molar-refractivity contribution < 1.29 is 14.3 Å². The Balaban J connectivity index is 1.37. The fraction of sp³-hybridized carbons (Fsp3) is 0.400. The van der Waals surface area contributed by atoms with E-state index in [1.807, 2.05) is 30.3 Å². The summed E-state index contributed by atoms with van der Waals surface area (Å²) in [6.45, 7) is 5.63. The number of rotatable bonds is 5. The van der Waals surface area contributed by atoms with Crippen molar-refractivity contribution in [3.8, 4) is 5.75 Å². The molecule has 0 N–H and O–H groups in total. The molecule has 2 saturated heterocycles. The average Bonchev–Trinajstić information content (AvgIpc) is 2.96. The Hall–Kier alpha value is -1.67. The number of benzene rings is 1. The first-order chi connectivity index (χ1) is 13.2. The molecule has 3 aliphatic rings. The van der Waals surface area contributed by atoms with E-state index in [9.17, 15) is 4.79 Å². The van der Waals surface area contributed by atoms with Gasteiger partial charge < -0.3 is 9.47 Å². The van der Waals surface area contributed by atoms with E-state index >= 15 is 0 Å². The number of hydrogen-bond donors (Lipinski definition) is 0. The zero-order valence-electron chi connectivity index (χ0n) is 15.1. The molecule has 142 valence electrons. The Morgan fingerprint density at radius 1 is 1.19 bits per heavy atom. The quantitative estimate of drug-likeness (QED) is 0.557. The normalized spacial score (nSPS) is 22.0. The highest BCUT2D eigenvalue weighted by molar-refractivity contribution is 8.26. The summed E-state index contributed by atoms with van der Waals surface area (Å²) in [5, 5.41) is 0. The number of para-hydroxylation sites is 1. The number of carbonyl (C=O) groups is 1. The van der Waals surface area contributed by atoms with Gasteiger partial charge in [0.25, 0.3) is 5.91 Å². The largest absolute Gasteiger partial charge is 0.488 e. The van der Waals surface area contributed by atoms with Crippen LogP contribution in [0, 0.1) is 0 Å². The number of nitrogens with zero attached hydrogens (tertiary/aromatic N) is 2. The summed E-state index contributed by atoms with van der Waals surface area (Å²) in [6.07, 6.45) is 4.90. The monoisotopic (exact) mass is 402 g/mol. The lowest BCUT2D eigenvalue weighted by molar-refractivity contribution is -0.122. The smallest absolute Gasteiger partial charge is 0.266 e. The topological polar surface area (TPSA) is 42.0 Å². The van der Waals surface area contributed by atoms with Gasteiger partial charge in [0, 0.05) is 31.7 Å². The zero-order valence-corrected chi connectivity index (χ0v) is 16.7. The van der Waals surface area contributed by atoms with Crippen LogP contribution >= 0.6 is 24.0 Å². The van der Waals surface area contributed by atoms with E-state index in [-0.39, 0.29) is 5.91 Å². The van der Waals surface area contributed by atoms with Gasteiger partial charge in [-0.3, -0.25) is 14.6 Å². The molecule has 0 radical (unpaired) electrons. The van der Waals surface area contributed by atoms with Crippen molar-refractivity contribution in [2.45, 2.75) is 6.42 Å². The summed E-state index contributed by atoms with van der Waals surface area (Å²) >= 11 is 6.82. The van der Waals surface area contributed by atoms with Gasteiger partial charge in [0.15, 0.2) is 0 Å². The van der Waals surface area contributed by atoms with Gasteiger partial charge in [0.1, 0.15) is 16.7 Å². The van der Waals surface area contributed by atoms with Crippen LogP contribution in [0.3, 0.4) is 0 Å². The molecule has 0 spiro atoms. The summed E-state index contributed by atoms with van der Waals surface area (Å²) in [5.74, 6) is 0.886. The lowest BCUT2D eigenvalue weighted by Crippen LogP contribution is -2.38. The predicted molar refractivity (Wildman–Crippen MR) is 112 cm³/mol. The molecule has 0 unspecified atom stereocenters. The van der Waals surface area contributed by atoms with Gasteiger partial charge in [0.05, 0.1) is 18.1 Å². The van der Waals surface area contributed by atoms with Crippen molar-refractivity contribution in [2.24, 2.45) is 0 Å². The minimum Gasteiger partial charge on any atom is -0.488 e. The van der Waals surface area contributed by atoms with E-state index in [1.54, 1.807) is 4.90 Å². The first-order valence-corrected chi connectivity index (χ1v) is 10.4. The van der Waals surface area contributed by atoms with Crippen molar-refractivity contribution in [3.05, 3.63) is 46.4 Å². The second kappa shape index (κ2) is 8.56. The van der Waals surface area contributed by atoms with E-state index < -0.39 is 0 Å². The molecule has 0 saturated carbocycles. The van der Waals surface area contributed by atoms with Gasteiger partial charge in [-0.1, -0.05) is 42.2 Å². The fourth-order valence-corrected chi connectivity index (χ4v) is 4.68. The van der Waals surface area contributed by atoms with Crippen LogP contribution in [-0.4, -0.2) is 66.0 Å². The summed E-state index contributed by atoms with van der Waals surface area (Å²) in [7, 11) is 0. The molecule has 1 aromatic carbocycles. The van der Waals surface area contributed by atoms with E-state index in [0.717, 1.165) is 56.2 Å². The highest BCUT2D eigenvalue weighted by Crippen LogP contribution is 2.34. The molecule has 0 bridgehead atoms. The predicted octanol–water partition coefficient (Wildman–Crippen LogP) is 2.93. The number of amides is 1. The van der Waals surface area contributed by atoms with E-state index in [4.69, 9.17) is 21.7 Å². The second-order valence-electron chi connectivity index (χ2n) is 6.69. The number of hydrogen-bond acceptors (Lipinski definition) is 6. The molecule has 1 aromatic rings. The summed E-state index contributed by atoms with van der Waals surface area (Å²) in [4.78, 5) is 17.5. The Morgan fingerprint density at radius 2 is 2.00 bits per heavy atom. The molecule has 4 rings (SSSR count). The summed E-state index contributed by atoms with van der Waals surface area (Å²) in [5.41, 5.74) is 2.03. The Morgan fingerprint density at radius 3 is 2.85 bits per heavy atom. The third-order valence-corrected chi connectivity index (χ3v) is 6.18. The van der Waals surface area contributed by atoms with Gasteiger partial charge in [-0.2, -0.15) is 0 Å². The lowest BCUT2D eigenvalue weighted by Gasteiger charge is -2.27. The van der Waals surface area contributed by atoms with Crippen LogP contribution in [0.5, 0.6) is 5.75 Å². The van der Waals surface area contributed by atoms with Crippen molar-refractivity contribution in [1.82, 2.24) is 9.80 Å². The minimum absolute atomic E-state index is 0.00624. The average molecular weight is 403 g/mol. The number of morpholine rings is 1. The SMILES string of the molecule is O=C1/C(=C/C2=Cc3ccccc3OC2)SC(=S)N1CCCN1CCOCC1. The number of thiocarbonyl (C=S) groups is 1. The number of thioether (sulfide) groups is 1. The maximum Gasteiger partial charge on any atom is 0.266 e. The van der Waals surface area contributed by atoms with Crippen LogP contribution in [0.1, 0.15) is 12.0 Å². The highest BCUT2D eigenvalue weighted by Gasteiger charge is 2.32. The summed E-state index contributed by atoms with van der Waals surface area (Å²) < 4.78 is 11.8. The van der Waals surface area contributed by atoms with Crippen molar-refractivity contribution in [3.63, 3.8) is 0 Å². The Kier molecular flexibility index (Phi) is 5.92. The first kappa shape index (κ1) is 18.7. The molecule has 5 nitrogen and oxygen atoms in total. The van der Waals surface area contributed by atoms with Crippen molar-refractivity contribution >= 4 is 40.3 Å². The molecule has 0 atom stereocenters. The van der Waals surface area contributed by atoms with E-state index in [1.165, 1.54) is 11.8 Å². The molecule has 0 aliphatic carbocycles. The molecular weight excluding hydrogens is 380 g/mol. The molecule has 3 aliphatic heterocycles. The first-order valence-electron chi connectivity index (χ1n) is 9.18. The van der Waals surface area contributed by atoms with Gasteiger partial charge in [-0.25, -0.2) is 0 Å². The second-order valence-corrected chi connectivity index (χ2v) is 8.36. The third-order valence-electron chi connectivity index (χ3n) is 4.80. The molecule has 0 aromatic heterocycles. The molecular formula is C20H22N2O3S2. The van der Waals surface area contributed by atoms with Crippen molar-refractivity contribution in [1.29, 1.82) is 0 Å². The number of fused-ring (bicyclic) bond motifs is 1. The van der Waals surface area contributed by atoms with Gasteiger partial charge >= 0.3 is 0 Å². The molecule has 3 heterocycles. The molecule has 27 heavy (non-hydrogen) atoms. The van der Waals surface area contributed by atoms with Gasteiger partial charge in [0.2, 0.25) is 0 Å². The van der Waals surface area contributed by atoms with E-state index in [2.05, 4.69) is 11.0 Å². The molecule has 7 heteroatoms. The number of carbonyl (C=O) groups excluding carboxylic acids is 1. The minimum atomic E-state index is 0.00624. The zero-order chi connectivity index (χ0) is 18.6. The number of ether oxygens (including phenoxy) is 2. The van der Waals surface area contributed by atoms with Crippen LogP contribution in [0.25, 0.3) is 6.08 Å². The van der Waals surface area contributed by atoms with Crippen LogP contribution in [-0.2, 0) is 9.53 Å². The standard InChI is InChI=1S/C20H22N2O3S2/c23-19-18(13-15-12-16-4-1-2-5-17(16)25-14-15)27-20(26)22(19)7-3-6-21-8-10-24-11-9-21/h1-2,4-5,12-13H,3,6-11,14H2/b18-13-. The van der Waals surface area contributed by atoms with Crippen LogP contribution in [0.4, 0.5) is 0 Å². The third kappa shape index (κ3) is 4.43. The van der Waals surface area contributed by atoms with E-state index in [0.29, 0.717) is 22.4 Å². The lowest BCUT2D eigenvalue weighted by atomic mass is 10.1. The Bertz CT molecular complexity index is 800. The van der Waals surface area contributed by atoms with Crippen molar-refractivity contribution in [2.75, 3.05) is 46.0 Å². The Labute approximate surface area is 169 Å². The maximum atomic E-state index is 12.8.